The van der Waals surface area contributed by atoms with Gasteiger partial charge in [0.15, 0.2) is 5.75 Å². The molecule has 4 amide bonds. The molecule has 2 aromatic carbocycles. The van der Waals surface area contributed by atoms with Crippen molar-refractivity contribution in [2.45, 2.75) is 6.92 Å². The second-order valence-electron chi connectivity index (χ2n) is 5.80. The molecule has 1 aliphatic heterocycles. The number of carbonyl (C=O) groups excluding carboxylic acids is 3. The number of hydrogen-bond acceptors (Lipinski definition) is 6. The van der Waals surface area contributed by atoms with E-state index < -0.39 is 34.2 Å². The lowest BCUT2D eigenvalue weighted by atomic mass is 10.1. The molecule has 0 radical (unpaired) electrons. The molecule has 2 aromatic rings. The van der Waals surface area contributed by atoms with Crippen molar-refractivity contribution in [1.29, 1.82) is 0 Å². The van der Waals surface area contributed by atoms with Crippen LogP contribution >= 0.6 is 0 Å². The maximum atomic E-state index is 12.7. The predicted octanol–water partition coefficient (Wildman–Crippen LogP) is 2.28. The zero-order valence-electron chi connectivity index (χ0n) is 14.0. The molecule has 1 heterocycles. The Morgan fingerprint density at radius 3 is 2.56 bits per heavy atom. The zero-order valence-corrected chi connectivity index (χ0v) is 14.0. The van der Waals surface area contributed by atoms with Gasteiger partial charge in [-0.25, -0.2) is 9.69 Å². The Morgan fingerprint density at radius 1 is 1.15 bits per heavy atom. The van der Waals surface area contributed by atoms with Gasteiger partial charge in [-0.3, -0.25) is 25.0 Å². The van der Waals surface area contributed by atoms with Crippen LogP contribution in [0.15, 0.2) is 48.0 Å². The van der Waals surface area contributed by atoms with Crippen LogP contribution in [0.2, 0.25) is 0 Å². The van der Waals surface area contributed by atoms with Crippen molar-refractivity contribution in [2.75, 3.05) is 4.90 Å². The van der Waals surface area contributed by atoms with Gasteiger partial charge in [-0.15, -0.1) is 0 Å². The van der Waals surface area contributed by atoms with Crippen molar-refractivity contribution in [3.05, 3.63) is 69.3 Å². The van der Waals surface area contributed by atoms with E-state index in [2.05, 4.69) is 5.32 Å². The smallest absolute Gasteiger partial charge is 0.335 e. The lowest BCUT2D eigenvalue weighted by Crippen LogP contribution is -2.54. The number of aromatic hydroxyl groups is 1. The Bertz CT molecular complexity index is 1030. The number of nitro benzene ring substituents is 1. The standard InChI is InChI=1S/C18H13N3O6/c1-10-3-2-4-12(7-10)20-17(24)13(16(23)19-18(20)25)8-11-5-6-15(22)14(9-11)21(26)27/h2-9,22H,1H3,(H,19,23,25)/b13-8+. The molecule has 2 N–H and O–H groups in total. The second-order valence-corrected chi connectivity index (χ2v) is 5.80. The molecule has 0 spiro atoms. The highest BCUT2D eigenvalue weighted by atomic mass is 16.6. The summed E-state index contributed by atoms with van der Waals surface area (Å²) in [6.07, 6.45) is 1.12. The number of hydrogen-bond donors (Lipinski definition) is 2. The highest BCUT2D eigenvalue weighted by Gasteiger charge is 2.36. The minimum absolute atomic E-state index is 0.150. The Labute approximate surface area is 152 Å². The van der Waals surface area contributed by atoms with Gasteiger partial charge in [0.1, 0.15) is 5.57 Å². The van der Waals surface area contributed by atoms with Gasteiger partial charge in [0, 0.05) is 6.07 Å². The summed E-state index contributed by atoms with van der Waals surface area (Å²) in [5.41, 5.74) is 0.310. The number of imide groups is 2. The van der Waals surface area contributed by atoms with Gasteiger partial charge in [-0.05, 0) is 42.3 Å². The lowest BCUT2D eigenvalue weighted by molar-refractivity contribution is -0.385. The number of carbonyl (C=O) groups is 3. The van der Waals surface area contributed by atoms with Crippen LogP contribution in [0.1, 0.15) is 11.1 Å². The number of nitro groups is 1. The van der Waals surface area contributed by atoms with E-state index in [-0.39, 0.29) is 16.8 Å². The number of rotatable bonds is 3. The molecule has 9 nitrogen and oxygen atoms in total. The predicted molar refractivity (Wildman–Crippen MR) is 94.9 cm³/mol. The third-order valence-electron chi connectivity index (χ3n) is 3.87. The minimum Gasteiger partial charge on any atom is -0.502 e. The van der Waals surface area contributed by atoms with Gasteiger partial charge >= 0.3 is 11.7 Å². The maximum absolute atomic E-state index is 12.7. The molecule has 0 aromatic heterocycles. The molecule has 136 valence electrons. The number of barbiturate groups is 1. The first-order valence-electron chi connectivity index (χ1n) is 7.73. The summed E-state index contributed by atoms with van der Waals surface area (Å²) in [4.78, 5) is 48.0. The van der Waals surface area contributed by atoms with Crippen LogP contribution in [-0.4, -0.2) is 27.9 Å². The van der Waals surface area contributed by atoms with E-state index in [0.29, 0.717) is 0 Å². The van der Waals surface area contributed by atoms with Crippen LogP contribution < -0.4 is 10.2 Å². The minimum atomic E-state index is -0.912. The monoisotopic (exact) mass is 367 g/mol. The molecular formula is C18H13N3O6. The number of nitrogens with zero attached hydrogens (tertiary/aromatic N) is 2. The molecule has 27 heavy (non-hydrogen) atoms. The van der Waals surface area contributed by atoms with E-state index in [4.69, 9.17) is 0 Å². The first-order chi connectivity index (χ1) is 12.8. The topological polar surface area (TPSA) is 130 Å². The first kappa shape index (κ1) is 17.8. The first-order valence-corrected chi connectivity index (χ1v) is 7.73. The molecule has 1 aliphatic rings. The molecule has 0 aliphatic carbocycles. The van der Waals surface area contributed by atoms with E-state index in [1.54, 1.807) is 31.2 Å². The number of benzene rings is 2. The van der Waals surface area contributed by atoms with Gasteiger partial charge in [-0.2, -0.15) is 0 Å². The van der Waals surface area contributed by atoms with Crippen molar-refractivity contribution >= 4 is 35.3 Å². The number of urea groups is 1. The fourth-order valence-corrected chi connectivity index (χ4v) is 2.60. The lowest BCUT2D eigenvalue weighted by Gasteiger charge is -2.26. The van der Waals surface area contributed by atoms with Crippen molar-refractivity contribution in [2.24, 2.45) is 0 Å². The van der Waals surface area contributed by atoms with E-state index in [1.807, 2.05) is 0 Å². The fourth-order valence-electron chi connectivity index (χ4n) is 2.60. The van der Waals surface area contributed by atoms with Crippen molar-refractivity contribution in [3.63, 3.8) is 0 Å². The van der Waals surface area contributed by atoms with Gasteiger partial charge in [0.25, 0.3) is 11.8 Å². The molecule has 0 bridgehead atoms. The molecule has 1 fully saturated rings. The fraction of sp³-hybridized carbons (Fsp3) is 0.0556. The third kappa shape index (κ3) is 3.38. The summed E-state index contributed by atoms with van der Waals surface area (Å²) < 4.78 is 0. The maximum Gasteiger partial charge on any atom is 0.335 e. The summed E-state index contributed by atoms with van der Waals surface area (Å²) in [6, 6.07) is 9.13. The molecule has 0 saturated carbocycles. The highest BCUT2D eigenvalue weighted by molar-refractivity contribution is 6.39. The van der Waals surface area contributed by atoms with Crippen LogP contribution in [0.4, 0.5) is 16.2 Å². The van der Waals surface area contributed by atoms with Crippen LogP contribution in [0.5, 0.6) is 5.75 Å². The molecule has 3 rings (SSSR count). The average Bonchev–Trinajstić information content (AvgIpc) is 2.59. The van der Waals surface area contributed by atoms with Gasteiger partial charge in [0.05, 0.1) is 10.6 Å². The highest BCUT2D eigenvalue weighted by Crippen LogP contribution is 2.28. The molecule has 1 saturated heterocycles. The van der Waals surface area contributed by atoms with Crippen LogP contribution in [0.25, 0.3) is 6.08 Å². The third-order valence-corrected chi connectivity index (χ3v) is 3.87. The Kier molecular flexibility index (Phi) is 4.43. The molecule has 0 unspecified atom stereocenters. The number of phenolic OH excluding ortho intramolecular Hbond substituents is 1. The molecule has 9 heteroatoms. The normalized spacial score (nSPS) is 15.8. The van der Waals surface area contributed by atoms with Crippen LogP contribution in [0, 0.1) is 17.0 Å². The number of anilines is 1. The van der Waals surface area contributed by atoms with Crippen molar-refractivity contribution in [3.8, 4) is 5.75 Å². The van der Waals surface area contributed by atoms with Crippen molar-refractivity contribution in [1.82, 2.24) is 5.32 Å². The Hall–Kier alpha value is -4.01. The summed E-state index contributed by atoms with van der Waals surface area (Å²) in [5.74, 6) is -2.31. The molecular weight excluding hydrogens is 354 g/mol. The number of nitrogens with one attached hydrogen (secondary N) is 1. The summed E-state index contributed by atoms with van der Waals surface area (Å²) in [7, 11) is 0. The number of phenols is 1. The number of aryl methyl sites for hydroxylation is 1. The van der Waals surface area contributed by atoms with E-state index in [9.17, 15) is 29.6 Å². The van der Waals surface area contributed by atoms with Crippen LogP contribution in [-0.2, 0) is 9.59 Å². The quantitative estimate of drug-likeness (QED) is 0.370. The largest absolute Gasteiger partial charge is 0.502 e. The van der Waals surface area contributed by atoms with Crippen LogP contribution in [0.3, 0.4) is 0 Å². The van der Waals surface area contributed by atoms with Gasteiger partial charge < -0.3 is 5.11 Å². The summed E-state index contributed by atoms with van der Waals surface area (Å²) in [6.45, 7) is 1.79. The van der Waals surface area contributed by atoms with E-state index in [0.717, 1.165) is 28.7 Å². The molecule has 0 atom stereocenters. The second kappa shape index (κ2) is 6.71. The summed E-state index contributed by atoms with van der Waals surface area (Å²) in [5, 5.41) is 22.5. The van der Waals surface area contributed by atoms with Gasteiger partial charge in [0.2, 0.25) is 0 Å². The Morgan fingerprint density at radius 2 is 1.89 bits per heavy atom. The average molecular weight is 367 g/mol. The van der Waals surface area contributed by atoms with Gasteiger partial charge in [-0.1, -0.05) is 18.2 Å². The Balaban J connectivity index is 2.04. The van der Waals surface area contributed by atoms with Crippen molar-refractivity contribution < 1.29 is 24.4 Å². The van der Waals surface area contributed by atoms with E-state index in [1.165, 1.54) is 6.07 Å². The zero-order chi connectivity index (χ0) is 19.7. The summed E-state index contributed by atoms with van der Waals surface area (Å²) >= 11 is 0. The number of amides is 4. The van der Waals surface area contributed by atoms with E-state index >= 15 is 0 Å². The SMILES string of the molecule is Cc1cccc(N2C(=O)NC(=O)/C(=C\c3ccc(O)c([N+](=O)[O-])c3)C2=O)c1.